The Morgan fingerprint density at radius 3 is 2.26 bits per heavy atom. The van der Waals surface area contributed by atoms with Crippen molar-refractivity contribution in [1.29, 1.82) is 0 Å². The van der Waals surface area contributed by atoms with Gasteiger partial charge in [0.05, 0.1) is 18.2 Å². The molecular formula is C20H16BF3N2O5. The maximum absolute atomic E-state index is 12.6. The molecule has 3 rings (SSSR count). The maximum Gasteiger partial charge on any atom is 0.490 e. The Morgan fingerprint density at radius 1 is 1.03 bits per heavy atom. The molecule has 31 heavy (non-hydrogen) atoms. The molecule has 3 aromatic rings. The van der Waals surface area contributed by atoms with E-state index in [1.165, 1.54) is 43.6 Å². The van der Waals surface area contributed by atoms with Gasteiger partial charge in [-0.15, -0.1) is 0 Å². The molecule has 0 atom stereocenters. The first kappa shape index (κ1) is 22.1. The third-order valence-corrected chi connectivity index (χ3v) is 4.19. The van der Waals surface area contributed by atoms with Gasteiger partial charge in [0.2, 0.25) is 5.88 Å². The molecular weight excluding hydrogens is 416 g/mol. The highest BCUT2D eigenvalue weighted by Gasteiger charge is 2.30. The molecule has 0 radical (unpaired) electrons. The smallest absolute Gasteiger partial charge is 0.490 e. The molecule has 1 amide bonds. The molecule has 0 spiro atoms. The van der Waals surface area contributed by atoms with Gasteiger partial charge in [-0.25, -0.2) is 4.98 Å². The number of hydrogen-bond donors (Lipinski definition) is 3. The second-order valence-electron chi connectivity index (χ2n) is 6.29. The van der Waals surface area contributed by atoms with Crippen molar-refractivity contribution in [3.63, 3.8) is 0 Å². The number of carbonyl (C=O) groups is 1. The van der Waals surface area contributed by atoms with Crippen molar-refractivity contribution >= 4 is 24.2 Å². The van der Waals surface area contributed by atoms with Crippen molar-refractivity contribution in [1.82, 2.24) is 4.98 Å². The van der Waals surface area contributed by atoms with E-state index in [0.717, 1.165) is 24.3 Å². The normalized spacial score (nSPS) is 11.0. The van der Waals surface area contributed by atoms with Crippen molar-refractivity contribution in [2.45, 2.75) is 6.18 Å². The third-order valence-electron chi connectivity index (χ3n) is 4.19. The van der Waals surface area contributed by atoms with E-state index in [-0.39, 0.29) is 28.3 Å². The van der Waals surface area contributed by atoms with Crippen LogP contribution in [0.15, 0.2) is 60.8 Å². The Labute approximate surface area is 175 Å². The predicted molar refractivity (Wildman–Crippen MR) is 107 cm³/mol. The fourth-order valence-electron chi connectivity index (χ4n) is 2.60. The van der Waals surface area contributed by atoms with E-state index in [9.17, 15) is 28.0 Å². The number of alkyl halides is 3. The maximum atomic E-state index is 12.6. The summed E-state index contributed by atoms with van der Waals surface area (Å²) in [6, 6.07) is 11.2. The van der Waals surface area contributed by atoms with Crippen LogP contribution in [0.2, 0.25) is 0 Å². The number of carbonyl (C=O) groups excluding carboxylic acids is 1. The predicted octanol–water partition coefficient (Wildman–Crippen LogP) is 2.83. The number of aromatic nitrogens is 1. The summed E-state index contributed by atoms with van der Waals surface area (Å²) in [5.41, 5.74) is -0.445. The Bertz CT molecular complexity index is 1060. The first-order chi connectivity index (χ1) is 14.7. The second-order valence-corrected chi connectivity index (χ2v) is 6.29. The topological polar surface area (TPSA) is 101 Å². The second kappa shape index (κ2) is 9.06. The molecule has 2 aromatic carbocycles. The fourth-order valence-corrected chi connectivity index (χ4v) is 2.60. The molecule has 0 aliphatic heterocycles. The Morgan fingerprint density at radius 2 is 1.71 bits per heavy atom. The van der Waals surface area contributed by atoms with Crippen LogP contribution in [-0.4, -0.2) is 35.2 Å². The lowest BCUT2D eigenvalue weighted by molar-refractivity contribution is -0.137. The SMILES string of the molecule is COc1ccc(B(O)O)c(NC(=O)c2ccc(Oc3ccc(C(F)(F)F)cc3)nc2)c1. The highest BCUT2D eigenvalue weighted by molar-refractivity contribution is 6.60. The fraction of sp³-hybridized carbons (Fsp3) is 0.100. The Hall–Kier alpha value is -3.57. The lowest BCUT2D eigenvalue weighted by Gasteiger charge is -2.12. The van der Waals surface area contributed by atoms with Crippen LogP contribution >= 0.6 is 0 Å². The van der Waals surface area contributed by atoms with Gasteiger partial charge in [-0.1, -0.05) is 6.07 Å². The number of rotatable bonds is 6. The molecule has 0 fully saturated rings. The zero-order chi connectivity index (χ0) is 22.6. The van der Waals surface area contributed by atoms with E-state index >= 15 is 0 Å². The molecule has 1 heterocycles. The first-order valence-electron chi connectivity index (χ1n) is 8.84. The van der Waals surface area contributed by atoms with Crippen molar-refractivity contribution in [3.8, 4) is 17.4 Å². The molecule has 1 aromatic heterocycles. The molecule has 0 unspecified atom stereocenters. The highest BCUT2D eigenvalue weighted by atomic mass is 19.4. The lowest BCUT2D eigenvalue weighted by Crippen LogP contribution is -2.33. The van der Waals surface area contributed by atoms with E-state index in [2.05, 4.69) is 10.3 Å². The molecule has 0 aliphatic carbocycles. The summed E-state index contributed by atoms with van der Waals surface area (Å²) in [6.45, 7) is 0. The number of hydrogen-bond acceptors (Lipinski definition) is 6. The number of halogens is 3. The van der Waals surface area contributed by atoms with Crippen LogP contribution in [0.1, 0.15) is 15.9 Å². The van der Waals surface area contributed by atoms with Crippen molar-refractivity contribution in [2.75, 3.05) is 12.4 Å². The van der Waals surface area contributed by atoms with Gasteiger partial charge in [0.15, 0.2) is 0 Å². The number of nitrogens with zero attached hydrogens (tertiary/aromatic N) is 1. The average molecular weight is 432 g/mol. The van der Waals surface area contributed by atoms with Gasteiger partial charge in [0.1, 0.15) is 11.5 Å². The average Bonchev–Trinajstić information content (AvgIpc) is 2.73. The molecule has 11 heteroatoms. The summed E-state index contributed by atoms with van der Waals surface area (Å²) >= 11 is 0. The Balaban J connectivity index is 1.71. The molecule has 160 valence electrons. The number of nitrogens with one attached hydrogen (secondary N) is 1. The third kappa shape index (κ3) is 5.53. The molecule has 7 nitrogen and oxygen atoms in total. The van der Waals surface area contributed by atoms with Crippen LogP contribution in [0.4, 0.5) is 18.9 Å². The minimum atomic E-state index is -4.44. The lowest BCUT2D eigenvalue weighted by atomic mass is 9.79. The van der Waals surface area contributed by atoms with Gasteiger partial charge in [0, 0.05) is 29.5 Å². The standard InChI is InChI=1S/C20H16BF3N2O5/c1-30-15-7-8-16(21(28)29)17(10-15)26-19(27)12-2-9-18(25-11-12)31-14-5-3-13(4-6-14)20(22,23)24/h2-11,28-29H,1H3,(H,26,27). The summed E-state index contributed by atoms with van der Waals surface area (Å²) < 4.78 is 48.3. The van der Waals surface area contributed by atoms with Crippen molar-refractivity contribution < 1.29 is 37.5 Å². The van der Waals surface area contributed by atoms with Crippen molar-refractivity contribution in [2.24, 2.45) is 0 Å². The van der Waals surface area contributed by atoms with Crippen molar-refractivity contribution in [3.05, 3.63) is 71.9 Å². The number of ether oxygens (including phenoxy) is 2. The number of benzene rings is 2. The molecule has 0 saturated heterocycles. The van der Waals surface area contributed by atoms with Crippen LogP contribution in [0, 0.1) is 0 Å². The minimum Gasteiger partial charge on any atom is -0.497 e. The monoisotopic (exact) mass is 432 g/mol. The summed E-state index contributed by atoms with van der Waals surface area (Å²) in [4.78, 5) is 16.5. The molecule has 0 bridgehead atoms. The summed E-state index contributed by atoms with van der Waals surface area (Å²) in [6.07, 6.45) is -3.23. The van der Waals surface area contributed by atoms with Gasteiger partial charge in [-0.2, -0.15) is 13.2 Å². The number of anilines is 1. The number of amides is 1. The molecule has 0 saturated carbocycles. The zero-order valence-corrected chi connectivity index (χ0v) is 16.1. The van der Waals surface area contributed by atoms with E-state index in [0.29, 0.717) is 5.75 Å². The van der Waals surface area contributed by atoms with Crippen LogP contribution in [0.25, 0.3) is 0 Å². The van der Waals surface area contributed by atoms with Crippen LogP contribution in [-0.2, 0) is 6.18 Å². The number of pyridine rings is 1. The highest BCUT2D eigenvalue weighted by Crippen LogP contribution is 2.31. The van der Waals surface area contributed by atoms with Gasteiger partial charge in [-0.3, -0.25) is 4.79 Å². The van der Waals surface area contributed by atoms with Crippen LogP contribution in [0.5, 0.6) is 17.4 Å². The Kier molecular flexibility index (Phi) is 6.47. The van der Waals surface area contributed by atoms with E-state index in [1.807, 2.05) is 0 Å². The van der Waals surface area contributed by atoms with Crippen LogP contribution < -0.4 is 20.3 Å². The first-order valence-corrected chi connectivity index (χ1v) is 8.84. The quantitative estimate of drug-likeness (QED) is 0.518. The van der Waals surface area contributed by atoms with Gasteiger partial charge < -0.3 is 24.8 Å². The van der Waals surface area contributed by atoms with E-state index < -0.39 is 24.8 Å². The van der Waals surface area contributed by atoms with Gasteiger partial charge in [-0.05, 0) is 36.4 Å². The largest absolute Gasteiger partial charge is 0.497 e. The molecule has 0 aliphatic rings. The number of methoxy groups -OCH3 is 1. The molecule has 3 N–H and O–H groups in total. The summed E-state index contributed by atoms with van der Waals surface area (Å²) in [7, 11) is -0.381. The van der Waals surface area contributed by atoms with Gasteiger partial charge >= 0.3 is 13.3 Å². The minimum absolute atomic E-state index is 0.0733. The van der Waals surface area contributed by atoms with Crippen LogP contribution in [0.3, 0.4) is 0 Å². The zero-order valence-electron chi connectivity index (χ0n) is 16.1. The summed E-state index contributed by atoms with van der Waals surface area (Å²) in [5.74, 6) is 0.0432. The summed E-state index contributed by atoms with van der Waals surface area (Å²) in [5, 5.41) is 21.5. The van der Waals surface area contributed by atoms with Gasteiger partial charge in [0.25, 0.3) is 5.91 Å². The van der Waals surface area contributed by atoms with E-state index in [1.54, 1.807) is 0 Å². The van der Waals surface area contributed by atoms with E-state index in [4.69, 9.17) is 9.47 Å².